The molecule has 2 rings (SSSR count). The summed E-state index contributed by atoms with van der Waals surface area (Å²) in [6, 6.07) is 6.78. The van der Waals surface area contributed by atoms with Gasteiger partial charge in [0.05, 0.1) is 22.6 Å². The smallest absolute Gasteiger partial charge is 0.400 e. The van der Waals surface area contributed by atoms with Gasteiger partial charge in [0.1, 0.15) is 0 Å². The molecular formula is C19H28BNO4S. The molecule has 1 aliphatic heterocycles. The minimum absolute atomic E-state index is 0.187. The van der Waals surface area contributed by atoms with Crippen LogP contribution >= 0.6 is 0 Å². The fourth-order valence-corrected chi connectivity index (χ4v) is 3.83. The van der Waals surface area contributed by atoms with E-state index in [9.17, 15) is 8.42 Å². The van der Waals surface area contributed by atoms with Gasteiger partial charge >= 0.3 is 7.12 Å². The second-order valence-electron chi connectivity index (χ2n) is 7.79. The highest BCUT2D eigenvalue weighted by molar-refractivity contribution is 7.89. The summed E-state index contributed by atoms with van der Waals surface area (Å²) in [6.07, 6.45) is 1.51. The highest BCUT2D eigenvalue weighted by Gasteiger charge is 2.50. The molecule has 1 fully saturated rings. The van der Waals surface area contributed by atoms with E-state index in [-0.39, 0.29) is 11.4 Å². The molecule has 0 amide bonds. The van der Waals surface area contributed by atoms with E-state index < -0.39 is 28.3 Å². The topological polar surface area (TPSA) is 55.8 Å². The fraction of sp³-hybridized carbons (Fsp3) is 0.474. The maximum Gasteiger partial charge on any atom is 0.488 e. The Morgan fingerprint density at radius 3 is 2.12 bits per heavy atom. The Morgan fingerprint density at radius 2 is 1.65 bits per heavy atom. The third-order valence-corrected chi connectivity index (χ3v) is 6.47. The van der Waals surface area contributed by atoms with Crippen molar-refractivity contribution in [2.45, 2.75) is 57.6 Å². The molecule has 0 unspecified atom stereocenters. The van der Waals surface area contributed by atoms with Gasteiger partial charge < -0.3 is 9.31 Å². The van der Waals surface area contributed by atoms with E-state index in [0.29, 0.717) is 0 Å². The van der Waals surface area contributed by atoms with Crippen LogP contribution in [0.15, 0.2) is 53.5 Å². The maximum atomic E-state index is 13.0. The largest absolute Gasteiger partial charge is 0.488 e. The van der Waals surface area contributed by atoms with Crippen molar-refractivity contribution in [1.29, 1.82) is 0 Å². The number of aryl methyl sites for hydroxylation is 1. The molecule has 0 spiro atoms. The van der Waals surface area contributed by atoms with Crippen molar-refractivity contribution in [2.75, 3.05) is 6.54 Å². The highest BCUT2D eigenvalue weighted by Crippen LogP contribution is 2.37. The molecule has 1 saturated heterocycles. The molecule has 0 N–H and O–H groups in total. The molecule has 5 nitrogen and oxygen atoms in total. The maximum absolute atomic E-state index is 13.0. The zero-order valence-corrected chi connectivity index (χ0v) is 17.3. The summed E-state index contributed by atoms with van der Waals surface area (Å²) in [5, 5.41) is 0. The van der Waals surface area contributed by atoms with Gasteiger partial charge in [-0.1, -0.05) is 29.8 Å². The fourth-order valence-electron chi connectivity index (χ4n) is 2.46. The summed E-state index contributed by atoms with van der Waals surface area (Å²) >= 11 is 0. The number of rotatable bonds is 6. The molecule has 0 saturated carbocycles. The normalized spacial score (nSPS) is 19.1. The number of hydrogen-bond acceptors (Lipinski definition) is 4. The van der Waals surface area contributed by atoms with Crippen LogP contribution in [-0.4, -0.2) is 37.6 Å². The Morgan fingerprint density at radius 1 is 1.15 bits per heavy atom. The lowest BCUT2D eigenvalue weighted by atomic mass is 9.90. The predicted molar refractivity (Wildman–Crippen MR) is 105 cm³/mol. The van der Waals surface area contributed by atoms with E-state index in [1.165, 1.54) is 10.5 Å². The molecule has 0 radical (unpaired) electrons. The van der Waals surface area contributed by atoms with E-state index >= 15 is 0 Å². The van der Waals surface area contributed by atoms with Crippen molar-refractivity contribution >= 4 is 17.1 Å². The molecule has 0 aromatic heterocycles. The molecular weight excluding hydrogens is 349 g/mol. The van der Waals surface area contributed by atoms with Crippen LogP contribution in [0.5, 0.6) is 0 Å². The Kier molecular flexibility index (Phi) is 5.76. The second-order valence-corrected chi connectivity index (χ2v) is 9.68. The Bertz CT molecular complexity index is 781. The first kappa shape index (κ1) is 20.7. The first-order valence-corrected chi connectivity index (χ1v) is 10.1. The third kappa shape index (κ3) is 4.39. The van der Waals surface area contributed by atoms with Crippen molar-refractivity contribution in [1.82, 2.24) is 4.31 Å². The minimum atomic E-state index is -3.69. The zero-order chi connectivity index (χ0) is 19.8. The van der Waals surface area contributed by atoms with Gasteiger partial charge in [-0.15, -0.1) is 0 Å². The number of sulfonamides is 1. The molecule has 0 atom stereocenters. The lowest BCUT2D eigenvalue weighted by Crippen LogP contribution is -2.41. The van der Waals surface area contributed by atoms with Gasteiger partial charge in [-0.3, -0.25) is 4.31 Å². The molecule has 26 heavy (non-hydrogen) atoms. The number of hydrogen-bond donors (Lipinski definition) is 0. The summed E-state index contributed by atoms with van der Waals surface area (Å²) in [5.74, 6) is 1.63. The minimum Gasteiger partial charge on any atom is -0.400 e. The molecule has 0 bridgehead atoms. The predicted octanol–water partition coefficient (Wildman–Crippen LogP) is 3.71. The first-order valence-electron chi connectivity index (χ1n) is 8.62. The van der Waals surface area contributed by atoms with Crippen LogP contribution in [0.2, 0.25) is 0 Å². The van der Waals surface area contributed by atoms with Gasteiger partial charge in [0, 0.05) is 6.20 Å². The van der Waals surface area contributed by atoms with E-state index in [0.717, 1.165) is 11.1 Å². The molecule has 1 aromatic carbocycles. The Labute approximate surface area is 157 Å². The average Bonchev–Trinajstić information content (AvgIpc) is 2.71. The van der Waals surface area contributed by atoms with Crippen LogP contribution in [-0.2, 0) is 19.3 Å². The summed E-state index contributed by atoms with van der Waals surface area (Å²) in [7, 11) is -4.30. The van der Waals surface area contributed by atoms with E-state index in [1.807, 2.05) is 34.6 Å². The van der Waals surface area contributed by atoms with Gasteiger partial charge in [-0.25, -0.2) is 8.42 Å². The van der Waals surface area contributed by atoms with E-state index in [4.69, 9.17) is 9.31 Å². The zero-order valence-electron chi connectivity index (χ0n) is 16.4. The van der Waals surface area contributed by atoms with Crippen LogP contribution in [0.3, 0.4) is 0 Å². The van der Waals surface area contributed by atoms with Gasteiger partial charge in [-0.2, -0.15) is 0 Å². The van der Waals surface area contributed by atoms with Crippen LogP contribution in [0.25, 0.3) is 0 Å². The summed E-state index contributed by atoms with van der Waals surface area (Å²) in [5.41, 5.74) is 0.788. The number of nitrogens with zero attached hydrogens (tertiary/aromatic N) is 1. The lowest BCUT2D eigenvalue weighted by Gasteiger charge is -2.32. The molecule has 7 heteroatoms. The van der Waals surface area contributed by atoms with Gasteiger partial charge in [0.15, 0.2) is 0 Å². The van der Waals surface area contributed by atoms with Crippen LogP contribution < -0.4 is 0 Å². The van der Waals surface area contributed by atoms with Crippen molar-refractivity contribution in [2.24, 2.45) is 0 Å². The average molecular weight is 377 g/mol. The van der Waals surface area contributed by atoms with E-state index in [1.54, 1.807) is 37.2 Å². The second kappa shape index (κ2) is 7.21. The summed E-state index contributed by atoms with van der Waals surface area (Å²) in [6.45, 7) is 15.6. The summed E-state index contributed by atoms with van der Waals surface area (Å²) < 4.78 is 39.1. The van der Waals surface area contributed by atoms with Crippen LogP contribution in [0.4, 0.5) is 0 Å². The Hall–Kier alpha value is -1.57. The standard InChI is InChI=1S/C19H28BNO4S/c1-15(2)14-21(26(22,23)17-10-8-16(3)9-11-17)13-12-20-24-18(4,5)19(6,7)25-20/h8-13H,1,14H2,2-7H3/b13-12+. The van der Waals surface area contributed by atoms with Gasteiger partial charge in [0.25, 0.3) is 10.0 Å². The molecule has 142 valence electrons. The third-order valence-electron chi connectivity index (χ3n) is 4.73. The molecule has 0 aliphatic carbocycles. The van der Waals surface area contributed by atoms with Crippen LogP contribution in [0, 0.1) is 6.92 Å². The van der Waals surface area contributed by atoms with Crippen molar-refractivity contribution in [3.05, 3.63) is 54.2 Å². The molecule has 1 heterocycles. The van der Waals surface area contributed by atoms with Crippen molar-refractivity contribution in [3.8, 4) is 0 Å². The summed E-state index contributed by atoms with van der Waals surface area (Å²) in [4.78, 5) is 0.239. The van der Waals surface area contributed by atoms with E-state index in [2.05, 4.69) is 6.58 Å². The lowest BCUT2D eigenvalue weighted by molar-refractivity contribution is 0.00578. The van der Waals surface area contributed by atoms with Gasteiger partial charge in [0.2, 0.25) is 0 Å². The molecule has 1 aliphatic rings. The SMILES string of the molecule is C=C(C)CN(/C=C/B1OC(C)(C)C(C)(C)O1)S(=O)(=O)c1ccc(C)cc1. The van der Waals surface area contributed by atoms with Crippen molar-refractivity contribution < 1.29 is 17.7 Å². The number of benzene rings is 1. The molecule has 1 aromatic rings. The van der Waals surface area contributed by atoms with Crippen molar-refractivity contribution in [3.63, 3.8) is 0 Å². The quantitative estimate of drug-likeness (QED) is 0.560. The monoisotopic (exact) mass is 377 g/mol. The van der Waals surface area contributed by atoms with Gasteiger partial charge in [-0.05, 0) is 59.7 Å². The van der Waals surface area contributed by atoms with Crippen LogP contribution in [0.1, 0.15) is 40.2 Å². The first-order chi connectivity index (χ1) is 11.8. The highest BCUT2D eigenvalue weighted by atomic mass is 32.2. The Balaban J connectivity index is 2.28.